The van der Waals surface area contributed by atoms with E-state index in [1.165, 1.54) is 0 Å². The van der Waals surface area contributed by atoms with Gasteiger partial charge < -0.3 is 19.5 Å². The zero-order valence-electron chi connectivity index (χ0n) is 13.4. The van der Waals surface area contributed by atoms with Crippen LogP contribution in [0.1, 0.15) is 52.4 Å². The van der Waals surface area contributed by atoms with Gasteiger partial charge in [0.25, 0.3) is 0 Å². The van der Waals surface area contributed by atoms with Gasteiger partial charge in [-0.05, 0) is 25.2 Å². The average Bonchev–Trinajstić information content (AvgIpc) is 2.88. The third kappa shape index (κ3) is 5.24. The second-order valence-corrected chi connectivity index (χ2v) is 6.35. The summed E-state index contributed by atoms with van der Waals surface area (Å²) >= 11 is 0. The van der Waals surface area contributed by atoms with Crippen molar-refractivity contribution < 1.29 is 19.0 Å². The minimum atomic E-state index is -0.375. The van der Waals surface area contributed by atoms with Crippen LogP contribution in [0.15, 0.2) is 0 Å². The molecule has 2 fully saturated rings. The number of ether oxygens (including phenoxy) is 3. The SMILES string of the molecule is CCCCOCC(=O)NC[C@H]1COC2(CCC(C)CC2)O1. The van der Waals surface area contributed by atoms with Crippen molar-refractivity contribution in [1.29, 1.82) is 0 Å². The Morgan fingerprint density at radius 1 is 1.38 bits per heavy atom. The Bertz CT molecular complexity index is 326. The van der Waals surface area contributed by atoms with Crippen LogP contribution in [0.2, 0.25) is 0 Å². The number of hydrogen-bond acceptors (Lipinski definition) is 4. The zero-order chi connectivity index (χ0) is 15.1. The third-order valence-electron chi connectivity index (χ3n) is 4.35. The van der Waals surface area contributed by atoms with Crippen LogP contribution in [0.4, 0.5) is 0 Å². The van der Waals surface area contributed by atoms with Crippen molar-refractivity contribution >= 4 is 5.91 Å². The van der Waals surface area contributed by atoms with Crippen molar-refractivity contribution in [3.05, 3.63) is 0 Å². The van der Waals surface area contributed by atoms with Crippen molar-refractivity contribution in [3.63, 3.8) is 0 Å². The fourth-order valence-corrected chi connectivity index (χ4v) is 2.87. The molecule has 1 saturated heterocycles. The summed E-state index contributed by atoms with van der Waals surface area (Å²) in [7, 11) is 0. The summed E-state index contributed by atoms with van der Waals surface area (Å²) in [6, 6.07) is 0. The number of rotatable bonds is 7. The normalized spacial score (nSPS) is 32.5. The number of carbonyl (C=O) groups is 1. The Balaban J connectivity index is 1.61. The zero-order valence-corrected chi connectivity index (χ0v) is 13.4. The summed E-state index contributed by atoms with van der Waals surface area (Å²) in [6.07, 6.45) is 6.30. The Hall–Kier alpha value is -0.650. The number of nitrogens with one attached hydrogen (secondary N) is 1. The van der Waals surface area contributed by atoms with Crippen molar-refractivity contribution in [1.82, 2.24) is 5.32 Å². The second-order valence-electron chi connectivity index (χ2n) is 6.35. The molecule has 0 bridgehead atoms. The van der Waals surface area contributed by atoms with Crippen LogP contribution < -0.4 is 5.32 Å². The molecule has 2 rings (SSSR count). The van der Waals surface area contributed by atoms with Gasteiger partial charge in [0.2, 0.25) is 5.91 Å². The van der Waals surface area contributed by atoms with Crippen LogP contribution in [-0.4, -0.2) is 44.2 Å². The monoisotopic (exact) mass is 299 g/mol. The van der Waals surface area contributed by atoms with E-state index >= 15 is 0 Å². The minimum absolute atomic E-state index is 0.0296. The van der Waals surface area contributed by atoms with Crippen LogP contribution in [0, 0.1) is 5.92 Å². The maximum Gasteiger partial charge on any atom is 0.246 e. The molecule has 1 atom stereocenters. The van der Waals surface area contributed by atoms with Crippen molar-refractivity contribution in [2.24, 2.45) is 5.92 Å². The first-order valence-corrected chi connectivity index (χ1v) is 8.30. The smallest absolute Gasteiger partial charge is 0.246 e. The molecule has 5 heteroatoms. The number of amides is 1. The fourth-order valence-electron chi connectivity index (χ4n) is 2.87. The second kappa shape index (κ2) is 8.11. The summed E-state index contributed by atoms with van der Waals surface area (Å²) < 4.78 is 17.2. The standard InChI is InChI=1S/C16H29NO4/c1-3-4-9-19-12-15(18)17-10-14-11-20-16(21-14)7-5-13(2)6-8-16/h13-14H,3-12H2,1-2H3,(H,17,18)/t13?,14-,16?/m0/s1. The van der Waals surface area contributed by atoms with Gasteiger partial charge in [-0.1, -0.05) is 20.3 Å². The van der Waals surface area contributed by atoms with Gasteiger partial charge in [-0.3, -0.25) is 4.79 Å². The van der Waals surface area contributed by atoms with Gasteiger partial charge in [-0.25, -0.2) is 0 Å². The summed E-state index contributed by atoms with van der Waals surface area (Å²) in [6.45, 7) is 6.24. The van der Waals surface area contributed by atoms with E-state index in [0.717, 1.165) is 44.4 Å². The molecule has 1 amide bonds. The lowest BCUT2D eigenvalue weighted by atomic mass is 9.86. The number of carbonyl (C=O) groups excluding carboxylic acids is 1. The number of hydrogen-bond donors (Lipinski definition) is 1. The van der Waals surface area contributed by atoms with E-state index in [-0.39, 0.29) is 24.4 Å². The van der Waals surface area contributed by atoms with Gasteiger partial charge in [0, 0.05) is 26.0 Å². The first-order valence-electron chi connectivity index (χ1n) is 8.30. The van der Waals surface area contributed by atoms with Gasteiger partial charge in [0.15, 0.2) is 5.79 Å². The van der Waals surface area contributed by atoms with Crippen LogP contribution in [0.25, 0.3) is 0 Å². The largest absolute Gasteiger partial charge is 0.372 e. The molecule has 0 aromatic rings. The Kier molecular flexibility index (Phi) is 6.45. The highest BCUT2D eigenvalue weighted by Crippen LogP contribution is 2.39. The summed E-state index contributed by atoms with van der Waals surface area (Å²) in [5.41, 5.74) is 0. The molecule has 0 unspecified atom stereocenters. The van der Waals surface area contributed by atoms with Gasteiger partial charge in [-0.15, -0.1) is 0 Å². The summed E-state index contributed by atoms with van der Waals surface area (Å²) in [5.74, 6) is 0.314. The van der Waals surface area contributed by atoms with Crippen molar-refractivity contribution in [2.75, 3.05) is 26.4 Å². The topological polar surface area (TPSA) is 56.8 Å². The first kappa shape index (κ1) is 16.7. The van der Waals surface area contributed by atoms with Crippen molar-refractivity contribution in [2.45, 2.75) is 64.3 Å². The van der Waals surface area contributed by atoms with E-state index in [1.54, 1.807) is 0 Å². The van der Waals surface area contributed by atoms with E-state index in [0.29, 0.717) is 19.8 Å². The quantitative estimate of drug-likeness (QED) is 0.733. The molecule has 5 nitrogen and oxygen atoms in total. The molecule has 1 spiro atoms. The van der Waals surface area contributed by atoms with E-state index in [4.69, 9.17) is 14.2 Å². The highest BCUT2D eigenvalue weighted by atomic mass is 16.7. The van der Waals surface area contributed by atoms with Crippen molar-refractivity contribution in [3.8, 4) is 0 Å². The molecule has 0 aromatic carbocycles. The Morgan fingerprint density at radius 3 is 2.86 bits per heavy atom. The lowest BCUT2D eigenvalue weighted by Crippen LogP contribution is -2.39. The highest BCUT2D eigenvalue weighted by Gasteiger charge is 2.43. The third-order valence-corrected chi connectivity index (χ3v) is 4.35. The summed E-state index contributed by atoms with van der Waals surface area (Å²) in [4.78, 5) is 11.6. The molecule has 122 valence electrons. The maximum atomic E-state index is 11.6. The van der Waals surface area contributed by atoms with E-state index in [9.17, 15) is 4.79 Å². The lowest BCUT2D eigenvalue weighted by Gasteiger charge is -2.34. The highest BCUT2D eigenvalue weighted by molar-refractivity contribution is 5.77. The predicted octanol–water partition coefficient (Wildman–Crippen LogP) is 2.24. The molecular weight excluding hydrogens is 270 g/mol. The predicted molar refractivity (Wildman–Crippen MR) is 79.9 cm³/mol. The maximum absolute atomic E-state index is 11.6. The minimum Gasteiger partial charge on any atom is -0.372 e. The molecule has 1 aliphatic carbocycles. The molecule has 1 aliphatic heterocycles. The molecule has 0 aromatic heterocycles. The fraction of sp³-hybridized carbons (Fsp3) is 0.938. The number of unbranched alkanes of at least 4 members (excludes halogenated alkanes) is 1. The molecule has 21 heavy (non-hydrogen) atoms. The van der Waals surface area contributed by atoms with Gasteiger partial charge >= 0.3 is 0 Å². The Morgan fingerprint density at radius 2 is 2.14 bits per heavy atom. The molecule has 1 saturated carbocycles. The van der Waals surface area contributed by atoms with Crippen LogP contribution in [-0.2, 0) is 19.0 Å². The lowest BCUT2D eigenvalue weighted by molar-refractivity contribution is -0.191. The van der Waals surface area contributed by atoms with Gasteiger partial charge in [-0.2, -0.15) is 0 Å². The van der Waals surface area contributed by atoms with Crippen LogP contribution in [0.5, 0.6) is 0 Å². The first-order chi connectivity index (χ1) is 10.1. The van der Waals surface area contributed by atoms with E-state index in [1.807, 2.05) is 0 Å². The molecule has 1 heterocycles. The van der Waals surface area contributed by atoms with Crippen LogP contribution >= 0.6 is 0 Å². The van der Waals surface area contributed by atoms with E-state index < -0.39 is 0 Å². The van der Waals surface area contributed by atoms with Crippen LogP contribution in [0.3, 0.4) is 0 Å². The molecule has 2 aliphatic rings. The molecule has 0 radical (unpaired) electrons. The van der Waals surface area contributed by atoms with E-state index in [2.05, 4.69) is 19.2 Å². The molecule has 1 N–H and O–H groups in total. The average molecular weight is 299 g/mol. The van der Waals surface area contributed by atoms with Gasteiger partial charge in [0.05, 0.1) is 6.61 Å². The summed E-state index contributed by atoms with van der Waals surface area (Å²) in [5, 5.41) is 2.86. The van der Waals surface area contributed by atoms with Gasteiger partial charge in [0.1, 0.15) is 12.7 Å². The molecular formula is C16H29NO4. The Labute approximate surface area is 127 Å².